The first-order valence-electron chi connectivity index (χ1n) is 8.25. The van der Waals surface area contributed by atoms with Gasteiger partial charge in [-0.2, -0.15) is 0 Å². The highest BCUT2D eigenvalue weighted by molar-refractivity contribution is 6.39. The fourth-order valence-electron chi connectivity index (χ4n) is 2.72. The summed E-state index contributed by atoms with van der Waals surface area (Å²) < 4.78 is 0. The Morgan fingerprint density at radius 1 is 1.04 bits per heavy atom. The third kappa shape index (κ3) is 5.35. The van der Waals surface area contributed by atoms with E-state index >= 15 is 0 Å². The lowest BCUT2D eigenvalue weighted by Crippen LogP contribution is -2.29. The summed E-state index contributed by atoms with van der Waals surface area (Å²) in [5.74, 6) is -0.0863. The van der Waals surface area contributed by atoms with Crippen LogP contribution in [0.25, 0.3) is 0 Å². The molecule has 3 nitrogen and oxygen atoms in total. The zero-order valence-electron chi connectivity index (χ0n) is 13.6. The van der Waals surface area contributed by atoms with Crippen LogP contribution in [0.4, 0.5) is 5.69 Å². The first kappa shape index (κ1) is 18.5. The number of benzene rings is 2. The molecule has 132 valence electrons. The van der Waals surface area contributed by atoms with Gasteiger partial charge in [0.2, 0.25) is 5.91 Å². The third-order valence-electron chi connectivity index (χ3n) is 4.22. The van der Waals surface area contributed by atoms with Crippen LogP contribution in [0.15, 0.2) is 42.5 Å². The summed E-state index contributed by atoms with van der Waals surface area (Å²) in [6.07, 6.45) is 2.77. The molecule has 6 heteroatoms. The van der Waals surface area contributed by atoms with Crippen molar-refractivity contribution in [1.82, 2.24) is 4.90 Å². The number of anilines is 1. The molecule has 0 radical (unpaired) electrons. The summed E-state index contributed by atoms with van der Waals surface area (Å²) in [6.45, 7) is 1.52. The second-order valence-corrected chi connectivity index (χ2v) is 7.47. The zero-order valence-corrected chi connectivity index (χ0v) is 15.9. The van der Waals surface area contributed by atoms with Crippen molar-refractivity contribution in [2.24, 2.45) is 0 Å². The molecular formula is C19H19Cl3N2O. The Bertz CT molecular complexity index is 725. The Morgan fingerprint density at radius 2 is 1.68 bits per heavy atom. The van der Waals surface area contributed by atoms with E-state index in [0.29, 0.717) is 34.7 Å². The molecule has 0 spiro atoms. The van der Waals surface area contributed by atoms with Crippen molar-refractivity contribution < 1.29 is 4.79 Å². The Labute approximate surface area is 162 Å². The minimum Gasteiger partial charge on any atom is -0.324 e. The van der Waals surface area contributed by atoms with Crippen molar-refractivity contribution in [2.75, 3.05) is 11.9 Å². The second-order valence-electron chi connectivity index (χ2n) is 6.22. The number of halogens is 3. The average Bonchev–Trinajstić information content (AvgIpc) is 3.42. The molecule has 0 aliphatic heterocycles. The van der Waals surface area contributed by atoms with Gasteiger partial charge in [-0.05, 0) is 42.7 Å². The van der Waals surface area contributed by atoms with Crippen LogP contribution in [0.2, 0.25) is 15.1 Å². The molecule has 0 atom stereocenters. The lowest BCUT2D eigenvalue weighted by molar-refractivity contribution is -0.116. The summed E-state index contributed by atoms with van der Waals surface area (Å²) in [7, 11) is 0. The van der Waals surface area contributed by atoms with E-state index in [1.807, 2.05) is 24.3 Å². The van der Waals surface area contributed by atoms with E-state index < -0.39 is 0 Å². The molecule has 2 aromatic carbocycles. The molecule has 0 saturated heterocycles. The molecule has 2 aromatic rings. The summed E-state index contributed by atoms with van der Waals surface area (Å²) in [5, 5.41) is 4.44. The fraction of sp³-hybridized carbons (Fsp3) is 0.316. The molecule has 0 bridgehead atoms. The summed E-state index contributed by atoms with van der Waals surface area (Å²) in [4.78, 5) is 14.6. The quantitative estimate of drug-likeness (QED) is 0.655. The molecule has 0 aromatic heterocycles. The van der Waals surface area contributed by atoms with Crippen LogP contribution in [0, 0.1) is 0 Å². The van der Waals surface area contributed by atoms with Crippen LogP contribution in [0.3, 0.4) is 0 Å². The molecule has 0 heterocycles. The zero-order chi connectivity index (χ0) is 17.8. The number of hydrogen-bond acceptors (Lipinski definition) is 2. The van der Waals surface area contributed by atoms with Crippen molar-refractivity contribution in [1.29, 1.82) is 0 Å². The number of carbonyl (C=O) groups excluding carboxylic acids is 1. The molecule has 0 unspecified atom stereocenters. The maximum absolute atomic E-state index is 12.3. The third-order valence-corrected chi connectivity index (χ3v) is 5.10. The van der Waals surface area contributed by atoms with Crippen molar-refractivity contribution in [3.05, 3.63) is 63.1 Å². The van der Waals surface area contributed by atoms with E-state index in [1.54, 1.807) is 18.2 Å². The van der Waals surface area contributed by atoms with Crippen LogP contribution in [0.5, 0.6) is 0 Å². The van der Waals surface area contributed by atoms with Gasteiger partial charge in [0.1, 0.15) is 0 Å². The number of para-hydroxylation sites is 1. The van der Waals surface area contributed by atoms with Crippen molar-refractivity contribution in [3.8, 4) is 0 Å². The van der Waals surface area contributed by atoms with Crippen LogP contribution >= 0.6 is 34.8 Å². The van der Waals surface area contributed by atoms with E-state index in [1.165, 1.54) is 18.4 Å². The molecule has 1 saturated carbocycles. The monoisotopic (exact) mass is 396 g/mol. The minimum absolute atomic E-state index is 0.0863. The molecule has 3 rings (SSSR count). The highest BCUT2D eigenvalue weighted by Gasteiger charge is 2.29. The molecule has 1 N–H and O–H groups in total. The summed E-state index contributed by atoms with van der Waals surface area (Å²) in [5.41, 5.74) is 1.68. The molecular weight excluding hydrogens is 379 g/mol. The van der Waals surface area contributed by atoms with Crippen LogP contribution < -0.4 is 5.32 Å². The predicted octanol–water partition coefficient (Wildman–Crippen LogP) is 5.64. The van der Waals surface area contributed by atoms with Crippen molar-refractivity contribution >= 4 is 46.4 Å². The molecule has 25 heavy (non-hydrogen) atoms. The van der Waals surface area contributed by atoms with Crippen molar-refractivity contribution in [3.63, 3.8) is 0 Å². The number of hydrogen-bond donors (Lipinski definition) is 1. The molecule has 1 aliphatic rings. The lowest BCUT2D eigenvalue weighted by atomic mass is 10.2. The average molecular weight is 398 g/mol. The Kier molecular flexibility index (Phi) is 6.24. The molecule has 1 fully saturated rings. The van der Waals surface area contributed by atoms with Gasteiger partial charge in [-0.15, -0.1) is 0 Å². The lowest BCUT2D eigenvalue weighted by Gasteiger charge is -2.22. The van der Waals surface area contributed by atoms with Gasteiger partial charge in [0.05, 0.1) is 15.7 Å². The van der Waals surface area contributed by atoms with E-state index in [-0.39, 0.29) is 5.91 Å². The first-order valence-corrected chi connectivity index (χ1v) is 9.38. The Hall–Kier alpha value is -1.26. The van der Waals surface area contributed by atoms with E-state index in [9.17, 15) is 4.79 Å². The highest BCUT2D eigenvalue weighted by atomic mass is 35.5. The maximum Gasteiger partial charge on any atom is 0.225 e. The molecule has 1 aliphatic carbocycles. The first-order chi connectivity index (χ1) is 12.0. The van der Waals surface area contributed by atoms with Gasteiger partial charge in [-0.1, -0.05) is 53.0 Å². The fourth-order valence-corrected chi connectivity index (χ4v) is 3.34. The number of carbonyl (C=O) groups is 1. The number of nitrogens with zero attached hydrogens (tertiary/aromatic N) is 1. The van der Waals surface area contributed by atoms with Crippen LogP contribution in [-0.2, 0) is 11.3 Å². The smallest absolute Gasteiger partial charge is 0.225 e. The molecule has 1 amide bonds. The standard InChI is InChI=1S/C19H19Cl3N2O/c20-14-6-4-13(5-7-14)12-24(15-8-9-15)11-10-18(25)23-19-16(21)2-1-3-17(19)22/h1-7,15H,8-12H2,(H,23,25). The van der Waals surface area contributed by atoms with Crippen LogP contribution in [-0.4, -0.2) is 23.4 Å². The topological polar surface area (TPSA) is 32.3 Å². The Balaban J connectivity index is 1.56. The largest absolute Gasteiger partial charge is 0.324 e. The number of rotatable bonds is 7. The summed E-state index contributed by atoms with van der Waals surface area (Å²) >= 11 is 18.1. The van der Waals surface area contributed by atoms with Gasteiger partial charge >= 0.3 is 0 Å². The van der Waals surface area contributed by atoms with Gasteiger partial charge in [0, 0.05) is 30.6 Å². The van der Waals surface area contributed by atoms with Crippen LogP contribution in [0.1, 0.15) is 24.8 Å². The van der Waals surface area contributed by atoms with Gasteiger partial charge in [0.15, 0.2) is 0 Å². The SMILES string of the molecule is O=C(CCN(Cc1ccc(Cl)cc1)C1CC1)Nc1c(Cl)cccc1Cl. The van der Waals surface area contributed by atoms with E-state index in [0.717, 1.165) is 11.6 Å². The Morgan fingerprint density at radius 3 is 2.28 bits per heavy atom. The van der Waals surface area contributed by atoms with Gasteiger partial charge in [-0.25, -0.2) is 0 Å². The number of amides is 1. The van der Waals surface area contributed by atoms with Gasteiger partial charge in [-0.3, -0.25) is 9.69 Å². The highest BCUT2D eigenvalue weighted by Crippen LogP contribution is 2.31. The number of nitrogens with one attached hydrogen (secondary N) is 1. The van der Waals surface area contributed by atoms with Gasteiger partial charge in [0.25, 0.3) is 0 Å². The van der Waals surface area contributed by atoms with E-state index in [2.05, 4.69) is 10.2 Å². The second kappa shape index (κ2) is 8.41. The summed E-state index contributed by atoms with van der Waals surface area (Å²) in [6, 6.07) is 13.6. The normalized spacial score (nSPS) is 13.9. The van der Waals surface area contributed by atoms with Gasteiger partial charge < -0.3 is 5.32 Å². The maximum atomic E-state index is 12.3. The predicted molar refractivity (Wildman–Crippen MR) is 105 cm³/mol. The van der Waals surface area contributed by atoms with Crippen molar-refractivity contribution in [2.45, 2.75) is 31.8 Å². The van der Waals surface area contributed by atoms with E-state index in [4.69, 9.17) is 34.8 Å². The minimum atomic E-state index is -0.0863.